The summed E-state index contributed by atoms with van der Waals surface area (Å²) in [4.78, 5) is 12.5. The first-order valence-electron chi connectivity index (χ1n) is 9.13. The summed E-state index contributed by atoms with van der Waals surface area (Å²) in [5.41, 5.74) is 1.84. The van der Waals surface area contributed by atoms with E-state index in [2.05, 4.69) is 10.6 Å². The molecule has 3 N–H and O–H groups in total. The Bertz CT molecular complexity index is 869. The Morgan fingerprint density at radius 3 is 2.50 bits per heavy atom. The van der Waals surface area contributed by atoms with Gasteiger partial charge in [0.1, 0.15) is 5.76 Å². The smallest absolute Gasteiger partial charge is 0.315 e. The summed E-state index contributed by atoms with van der Waals surface area (Å²) in [7, 11) is 0. The summed E-state index contributed by atoms with van der Waals surface area (Å²) in [5.74, 6) is 0.653. The first kappa shape index (κ1) is 20.0. The topological polar surface area (TPSA) is 74.5 Å². The van der Waals surface area contributed by atoms with E-state index in [-0.39, 0.29) is 24.6 Å². The second-order valence-corrected chi connectivity index (χ2v) is 7.02. The van der Waals surface area contributed by atoms with Crippen LogP contribution in [0.3, 0.4) is 0 Å². The molecule has 1 aromatic heterocycles. The van der Waals surface area contributed by atoms with Crippen LogP contribution in [0.2, 0.25) is 5.02 Å². The molecule has 2 aromatic carbocycles. The number of benzene rings is 2. The van der Waals surface area contributed by atoms with E-state index in [1.54, 1.807) is 18.4 Å². The van der Waals surface area contributed by atoms with Crippen molar-refractivity contribution in [2.45, 2.75) is 12.5 Å². The normalized spacial score (nSPS) is 12.9. The number of urea groups is 1. The number of carbonyl (C=O) groups excluding carboxylic acids is 1. The molecule has 2 atom stereocenters. The molecular weight excluding hydrogens is 376 g/mol. The van der Waals surface area contributed by atoms with Crippen LogP contribution in [0.25, 0.3) is 0 Å². The van der Waals surface area contributed by atoms with Gasteiger partial charge in [-0.15, -0.1) is 0 Å². The molecule has 28 heavy (non-hydrogen) atoms. The number of hydrogen-bond donors (Lipinski definition) is 3. The summed E-state index contributed by atoms with van der Waals surface area (Å²) in [6.45, 7) is 0.289. The predicted molar refractivity (Wildman–Crippen MR) is 109 cm³/mol. The maximum atomic E-state index is 12.5. The van der Waals surface area contributed by atoms with Gasteiger partial charge in [-0.25, -0.2) is 4.79 Å². The van der Waals surface area contributed by atoms with E-state index in [9.17, 15) is 9.90 Å². The van der Waals surface area contributed by atoms with E-state index >= 15 is 0 Å². The number of carbonyl (C=O) groups is 1. The van der Waals surface area contributed by atoms with Crippen LogP contribution in [0.5, 0.6) is 0 Å². The molecule has 5 nitrogen and oxygen atoms in total. The number of hydrogen-bond acceptors (Lipinski definition) is 3. The molecule has 0 aliphatic rings. The van der Waals surface area contributed by atoms with E-state index in [0.29, 0.717) is 18.0 Å². The highest BCUT2D eigenvalue weighted by Crippen LogP contribution is 2.24. The van der Waals surface area contributed by atoms with Crippen LogP contribution in [-0.4, -0.2) is 24.3 Å². The second-order valence-electron chi connectivity index (χ2n) is 6.59. The Kier molecular flexibility index (Phi) is 7.12. The van der Waals surface area contributed by atoms with Crippen molar-refractivity contribution in [1.29, 1.82) is 0 Å². The zero-order chi connectivity index (χ0) is 19.8. The number of nitrogens with one attached hydrogen (secondary N) is 2. The number of amides is 2. The highest BCUT2D eigenvalue weighted by Gasteiger charge is 2.18. The van der Waals surface area contributed by atoms with Crippen LogP contribution >= 0.6 is 11.6 Å². The van der Waals surface area contributed by atoms with Gasteiger partial charge in [-0.05, 0) is 35.4 Å². The Hall–Kier alpha value is -2.76. The highest BCUT2D eigenvalue weighted by molar-refractivity contribution is 6.30. The molecule has 0 fully saturated rings. The van der Waals surface area contributed by atoms with E-state index < -0.39 is 0 Å². The van der Waals surface area contributed by atoms with Crippen molar-refractivity contribution in [2.24, 2.45) is 5.92 Å². The summed E-state index contributed by atoms with van der Waals surface area (Å²) in [5, 5.41) is 16.0. The van der Waals surface area contributed by atoms with Crippen molar-refractivity contribution in [3.8, 4) is 0 Å². The lowest BCUT2D eigenvalue weighted by Gasteiger charge is -2.21. The van der Waals surface area contributed by atoms with E-state index in [1.807, 2.05) is 54.6 Å². The van der Waals surface area contributed by atoms with Crippen LogP contribution in [0, 0.1) is 5.92 Å². The van der Waals surface area contributed by atoms with Crippen molar-refractivity contribution in [3.05, 3.63) is 94.9 Å². The van der Waals surface area contributed by atoms with Crippen LogP contribution in [-0.2, 0) is 6.42 Å². The molecule has 3 rings (SSSR count). The fourth-order valence-electron chi connectivity index (χ4n) is 3.02. The Labute approximate surface area is 169 Å². The minimum atomic E-state index is -0.336. The standard InChI is InChI=1S/C22H23ClN2O3/c23-19-9-4-8-18(13-19)21(17-6-2-1-3-7-17)25-22(27)24-14-16(15-26)12-20-10-5-11-28-20/h1-11,13,16,21,26H,12,14-15H2,(H2,24,25,27). The maximum Gasteiger partial charge on any atom is 0.315 e. The third kappa shape index (κ3) is 5.62. The Balaban J connectivity index is 1.65. The Morgan fingerprint density at radius 2 is 1.82 bits per heavy atom. The number of halogens is 1. The SMILES string of the molecule is O=C(NCC(CO)Cc1ccco1)NC(c1ccccc1)c1cccc(Cl)c1. The van der Waals surface area contributed by atoms with Crippen molar-refractivity contribution in [1.82, 2.24) is 10.6 Å². The molecule has 0 spiro atoms. The van der Waals surface area contributed by atoms with Gasteiger partial charge in [0.2, 0.25) is 0 Å². The molecule has 2 amide bonds. The van der Waals surface area contributed by atoms with Gasteiger partial charge in [-0.1, -0.05) is 54.1 Å². The first-order chi connectivity index (χ1) is 13.7. The molecule has 0 radical (unpaired) electrons. The van der Waals surface area contributed by atoms with Gasteiger partial charge >= 0.3 is 6.03 Å². The minimum absolute atomic E-state index is 0.0443. The number of aliphatic hydroxyl groups is 1. The fraction of sp³-hybridized carbons (Fsp3) is 0.227. The predicted octanol–water partition coefficient (Wildman–Crippen LogP) is 4.17. The molecule has 6 heteroatoms. The Morgan fingerprint density at radius 1 is 1.04 bits per heavy atom. The molecule has 3 aromatic rings. The maximum absolute atomic E-state index is 12.5. The highest BCUT2D eigenvalue weighted by atomic mass is 35.5. The van der Waals surface area contributed by atoms with Crippen LogP contribution < -0.4 is 10.6 Å². The fourth-order valence-corrected chi connectivity index (χ4v) is 3.22. The number of furan rings is 1. The van der Waals surface area contributed by atoms with Gasteiger partial charge in [0.05, 0.1) is 12.3 Å². The van der Waals surface area contributed by atoms with Crippen LogP contribution in [0.4, 0.5) is 4.79 Å². The largest absolute Gasteiger partial charge is 0.469 e. The molecule has 146 valence electrons. The molecule has 0 aliphatic heterocycles. The monoisotopic (exact) mass is 398 g/mol. The number of aliphatic hydroxyl groups excluding tert-OH is 1. The van der Waals surface area contributed by atoms with Crippen molar-refractivity contribution in [2.75, 3.05) is 13.2 Å². The van der Waals surface area contributed by atoms with Crippen LogP contribution in [0.15, 0.2) is 77.4 Å². The summed E-state index contributed by atoms with van der Waals surface area (Å²) < 4.78 is 5.31. The van der Waals surface area contributed by atoms with E-state index in [1.165, 1.54) is 0 Å². The van der Waals surface area contributed by atoms with E-state index in [4.69, 9.17) is 16.0 Å². The zero-order valence-electron chi connectivity index (χ0n) is 15.3. The van der Waals surface area contributed by atoms with Gasteiger partial charge in [0, 0.05) is 30.5 Å². The lowest BCUT2D eigenvalue weighted by Crippen LogP contribution is -2.41. The van der Waals surface area contributed by atoms with Crippen LogP contribution in [0.1, 0.15) is 22.9 Å². The molecule has 0 saturated carbocycles. The first-order valence-corrected chi connectivity index (χ1v) is 9.51. The summed E-state index contributed by atoms with van der Waals surface area (Å²) >= 11 is 6.14. The second kappa shape index (κ2) is 9.97. The van der Waals surface area contributed by atoms with Crippen molar-refractivity contribution >= 4 is 17.6 Å². The molecular formula is C22H23ClN2O3. The third-order valence-corrected chi connectivity index (χ3v) is 4.70. The molecule has 2 unspecified atom stereocenters. The van der Waals surface area contributed by atoms with Gasteiger partial charge in [-0.3, -0.25) is 0 Å². The lowest BCUT2D eigenvalue weighted by molar-refractivity contribution is 0.209. The quantitative estimate of drug-likeness (QED) is 0.533. The van der Waals surface area contributed by atoms with Gasteiger partial charge in [-0.2, -0.15) is 0 Å². The minimum Gasteiger partial charge on any atom is -0.469 e. The molecule has 1 heterocycles. The molecule has 0 aliphatic carbocycles. The molecule has 0 bridgehead atoms. The number of rotatable bonds is 8. The third-order valence-electron chi connectivity index (χ3n) is 4.47. The van der Waals surface area contributed by atoms with Gasteiger partial charge in [0.15, 0.2) is 0 Å². The molecule has 0 saturated heterocycles. The summed E-state index contributed by atoms with van der Waals surface area (Å²) in [6, 6.07) is 20.1. The average molecular weight is 399 g/mol. The van der Waals surface area contributed by atoms with Crippen molar-refractivity contribution in [3.63, 3.8) is 0 Å². The zero-order valence-corrected chi connectivity index (χ0v) is 16.1. The van der Waals surface area contributed by atoms with E-state index in [0.717, 1.165) is 16.9 Å². The average Bonchev–Trinajstić information content (AvgIpc) is 3.23. The lowest BCUT2D eigenvalue weighted by atomic mass is 9.99. The van der Waals surface area contributed by atoms with Gasteiger partial charge in [0.25, 0.3) is 0 Å². The summed E-state index contributed by atoms with van der Waals surface area (Å²) in [6.07, 6.45) is 2.15. The van der Waals surface area contributed by atoms with Crippen molar-refractivity contribution < 1.29 is 14.3 Å². The van der Waals surface area contributed by atoms with Gasteiger partial charge < -0.3 is 20.2 Å².